The van der Waals surface area contributed by atoms with Gasteiger partial charge in [0.05, 0.1) is 11.4 Å². The van der Waals surface area contributed by atoms with Crippen LogP contribution in [-0.2, 0) is 0 Å². The number of fused-ring (bicyclic) bond motifs is 1. The number of nitrogens with one attached hydrogen (secondary N) is 1. The average Bonchev–Trinajstić information content (AvgIpc) is 3.19. The zero-order chi connectivity index (χ0) is 19.3. The van der Waals surface area contributed by atoms with Crippen LogP contribution in [-0.4, -0.2) is 9.97 Å². The molecule has 0 aliphatic heterocycles. The molecular weight excluding hydrogens is 340 g/mol. The van der Waals surface area contributed by atoms with E-state index in [4.69, 9.17) is 4.98 Å². The van der Waals surface area contributed by atoms with Gasteiger partial charge in [-0.05, 0) is 23.8 Å². The minimum Gasteiger partial charge on any atom is -0.337 e. The van der Waals surface area contributed by atoms with Crippen LogP contribution in [0, 0.1) is 0 Å². The van der Waals surface area contributed by atoms with E-state index in [1.54, 1.807) is 6.08 Å². The first kappa shape index (κ1) is 17.7. The van der Waals surface area contributed by atoms with E-state index in [9.17, 15) is 0 Å². The maximum absolute atomic E-state index is 4.98. The predicted molar refractivity (Wildman–Crippen MR) is 120 cm³/mol. The summed E-state index contributed by atoms with van der Waals surface area (Å²) in [4.78, 5) is 8.51. The number of aromatic nitrogens is 2. The van der Waals surface area contributed by atoms with Gasteiger partial charge in [-0.2, -0.15) is 0 Å². The molecule has 1 N–H and O–H groups in total. The molecule has 0 aliphatic rings. The number of hydrogen-bond acceptors (Lipinski definition) is 1. The van der Waals surface area contributed by atoms with E-state index < -0.39 is 0 Å². The van der Waals surface area contributed by atoms with Crippen molar-refractivity contribution < 1.29 is 0 Å². The third kappa shape index (κ3) is 3.45. The van der Waals surface area contributed by atoms with Gasteiger partial charge in [-0.3, -0.25) is 0 Å². The van der Waals surface area contributed by atoms with Crippen molar-refractivity contribution in [3.63, 3.8) is 0 Å². The molecule has 0 unspecified atom stereocenters. The lowest BCUT2D eigenvalue weighted by Crippen LogP contribution is -1.84. The number of nitrogens with zero attached hydrogens (tertiary/aromatic N) is 1. The molecule has 28 heavy (non-hydrogen) atoms. The number of H-pyrrole nitrogens is 1. The molecule has 0 atom stereocenters. The molecule has 0 amide bonds. The monoisotopic (exact) mass is 362 g/mol. The van der Waals surface area contributed by atoms with E-state index >= 15 is 0 Å². The third-order valence-electron chi connectivity index (χ3n) is 4.71. The van der Waals surface area contributed by atoms with Gasteiger partial charge in [0.2, 0.25) is 0 Å². The van der Waals surface area contributed by atoms with Gasteiger partial charge < -0.3 is 4.98 Å². The van der Waals surface area contributed by atoms with Crippen molar-refractivity contribution in [2.45, 2.75) is 6.92 Å². The Morgan fingerprint density at radius 2 is 1.64 bits per heavy atom. The Labute approximate surface area is 165 Å². The van der Waals surface area contributed by atoms with Gasteiger partial charge in [0.1, 0.15) is 5.82 Å². The minimum atomic E-state index is 0.833. The van der Waals surface area contributed by atoms with Gasteiger partial charge in [-0.25, -0.2) is 4.98 Å². The molecule has 0 saturated heterocycles. The Balaban J connectivity index is 1.93. The zero-order valence-electron chi connectivity index (χ0n) is 15.9. The Bertz CT molecular complexity index is 1180. The second-order valence-electron chi connectivity index (χ2n) is 6.59. The van der Waals surface area contributed by atoms with Crippen LogP contribution >= 0.6 is 0 Å². The lowest BCUT2D eigenvalue weighted by atomic mass is 10.0. The number of aromatic amines is 1. The van der Waals surface area contributed by atoms with E-state index in [0.29, 0.717) is 0 Å². The first-order chi connectivity index (χ1) is 13.8. The van der Waals surface area contributed by atoms with Crippen LogP contribution in [0.1, 0.15) is 12.7 Å². The first-order valence-electron chi connectivity index (χ1n) is 9.40. The summed E-state index contributed by atoms with van der Waals surface area (Å²) >= 11 is 0. The Kier molecular flexibility index (Phi) is 5.03. The summed E-state index contributed by atoms with van der Waals surface area (Å²) < 4.78 is 0. The van der Waals surface area contributed by atoms with Crippen LogP contribution in [0.15, 0.2) is 104 Å². The number of imidazole rings is 1. The van der Waals surface area contributed by atoms with E-state index in [1.807, 2.05) is 43.4 Å². The molecule has 2 heteroatoms. The van der Waals surface area contributed by atoms with Crippen LogP contribution in [0.3, 0.4) is 0 Å². The summed E-state index contributed by atoms with van der Waals surface area (Å²) in [5.41, 5.74) is 5.18. The van der Waals surface area contributed by atoms with Gasteiger partial charge in [-0.15, -0.1) is 0 Å². The highest BCUT2D eigenvalue weighted by Gasteiger charge is 2.15. The molecule has 136 valence electrons. The van der Waals surface area contributed by atoms with Crippen LogP contribution in [0.2, 0.25) is 0 Å². The summed E-state index contributed by atoms with van der Waals surface area (Å²) in [6, 6.07) is 25.2. The molecular formula is C26H22N2. The van der Waals surface area contributed by atoms with E-state index in [1.165, 1.54) is 10.8 Å². The summed E-state index contributed by atoms with van der Waals surface area (Å²) in [7, 11) is 0. The van der Waals surface area contributed by atoms with Crippen LogP contribution in [0.4, 0.5) is 0 Å². The predicted octanol–water partition coefficient (Wildman–Crippen LogP) is 7.04. The smallest absolute Gasteiger partial charge is 0.138 e. The number of benzene rings is 3. The largest absolute Gasteiger partial charge is 0.337 e. The first-order valence-corrected chi connectivity index (χ1v) is 9.40. The summed E-state index contributed by atoms with van der Waals surface area (Å²) in [5, 5.41) is 2.43. The maximum atomic E-state index is 4.98. The van der Waals surface area contributed by atoms with Crippen molar-refractivity contribution >= 4 is 16.3 Å². The minimum absolute atomic E-state index is 0.833. The molecule has 1 aromatic heterocycles. The Morgan fingerprint density at radius 1 is 0.893 bits per heavy atom. The summed E-state index contributed by atoms with van der Waals surface area (Å²) in [6.45, 7) is 5.84. The molecule has 0 bridgehead atoms. The van der Waals surface area contributed by atoms with Crippen LogP contribution < -0.4 is 0 Å². The molecule has 4 rings (SSSR count). The van der Waals surface area contributed by atoms with Crippen molar-refractivity contribution in [1.29, 1.82) is 0 Å². The van der Waals surface area contributed by atoms with E-state index in [-0.39, 0.29) is 0 Å². The number of allylic oxidation sites excluding steroid dienone is 5. The molecule has 0 spiro atoms. The molecule has 0 radical (unpaired) electrons. The molecule has 1 heterocycles. The fourth-order valence-corrected chi connectivity index (χ4v) is 3.39. The van der Waals surface area contributed by atoms with Gasteiger partial charge in [0.25, 0.3) is 0 Å². The Morgan fingerprint density at radius 3 is 2.39 bits per heavy atom. The second-order valence-corrected chi connectivity index (χ2v) is 6.59. The van der Waals surface area contributed by atoms with Crippen molar-refractivity contribution in [3.05, 3.63) is 110 Å². The van der Waals surface area contributed by atoms with Gasteiger partial charge in [-0.1, -0.05) is 97.6 Å². The topological polar surface area (TPSA) is 28.7 Å². The van der Waals surface area contributed by atoms with Crippen LogP contribution in [0.5, 0.6) is 0 Å². The third-order valence-corrected chi connectivity index (χ3v) is 4.71. The lowest BCUT2D eigenvalue weighted by Gasteiger charge is -2.05. The maximum Gasteiger partial charge on any atom is 0.138 e. The highest BCUT2D eigenvalue weighted by molar-refractivity contribution is 5.90. The SMILES string of the molecule is C=C/C=C(\C=C/C)c1nc(-c2ccc3ccccc3c2)c(-c2ccccc2)[nH]1. The normalized spacial score (nSPS) is 12.0. The summed E-state index contributed by atoms with van der Waals surface area (Å²) in [6.07, 6.45) is 7.81. The van der Waals surface area contributed by atoms with Crippen molar-refractivity contribution in [1.82, 2.24) is 9.97 Å². The number of hydrogen-bond donors (Lipinski definition) is 1. The van der Waals surface area contributed by atoms with Crippen molar-refractivity contribution in [2.24, 2.45) is 0 Å². The quantitative estimate of drug-likeness (QED) is 0.379. The van der Waals surface area contributed by atoms with Crippen molar-refractivity contribution in [3.8, 4) is 22.5 Å². The average molecular weight is 362 g/mol. The highest BCUT2D eigenvalue weighted by atomic mass is 14.9. The zero-order valence-corrected chi connectivity index (χ0v) is 15.9. The van der Waals surface area contributed by atoms with Gasteiger partial charge in [0, 0.05) is 16.7 Å². The van der Waals surface area contributed by atoms with Gasteiger partial charge in [0.15, 0.2) is 0 Å². The molecule has 0 fully saturated rings. The van der Waals surface area contributed by atoms with Gasteiger partial charge >= 0.3 is 0 Å². The fourth-order valence-electron chi connectivity index (χ4n) is 3.39. The standard InChI is InChI=1S/C26H22N2/c1-3-10-21(11-4-2)26-27-24(20-13-6-5-7-14-20)25(28-26)23-17-16-19-12-8-9-15-22(19)18-23/h3-18H,1H2,2H3,(H,27,28)/b11-4-,21-10+. The molecule has 0 saturated carbocycles. The molecule has 3 aromatic carbocycles. The number of rotatable bonds is 5. The lowest BCUT2D eigenvalue weighted by molar-refractivity contribution is 1.25. The molecule has 0 aliphatic carbocycles. The molecule has 4 aromatic rings. The van der Waals surface area contributed by atoms with E-state index in [2.05, 4.69) is 66.2 Å². The fraction of sp³-hybridized carbons (Fsp3) is 0.0385. The second kappa shape index (κ2) is 7.93. The highest BCUT2D eigenvalue weighted by Crippen LogP contribution is 2.33. The van der Waals surface area contributed by atoms with Crippen molar-refractivity contribution in [2.75, 3.05) is 0 Å². The summed E-state index contributed by atoms with van der Waals surface area (Å²) in [5.74, 6) is 0.833. The van der Waals surface area contributed by atoms with Crippen LogP contribution in [0.25, 0.3) is 38.9 Å². The van der Waals surface area contributed by atoms with E-state index in [0.717, 1.165) is 33.9 Å². The molecule has 2 nitrogen and oxygen atoms in total. The Hall–Kier alpha value is -3.65.